The Morgan fingerprint density at radius 2 is 2.09 bits per heavy atom. The van der Waals surface area contributed by atoms with E-state index in [4.69, 9.17) is 4.74 Å². The normalized spacial score (nSPS) is 11.8. The minimum absolute atomic E-state index is 0.140. The molecule has 0 aliphatic heterocycles. The Morgan fingerprint density at radius 3 is 2.68 bits per heavy atom. The van der Waals surface area contributed by atoms with E-state index in [1.54, 1.807) is 0 Å². The highest BCUT2D eigenvalue weighted by Gasteiger charge is 2.28. The second-order valence-electron chi connectivity index (χ2n) is 4.77. The van der Waals surface area contributed by atoms with Crippen LogP contribution in [-0.2, 0) is 16.6 Å². The van der Waals surface area contributed by atoms with Gasteiger partial charge in [0.2, 0.25) is 10.0 Å². The van der Waals surface area contributed by atoms with E-state index in [1.165, 1.54) is 34.9 Å². The Balaban J connectivity index is 2.42. The molecule has 1 aromatic heterocycles. The Kier molecular flexibility index (Phi) is 5.55. The number of benzene rings is 1. The SMILES string of the molecule is CCCN(Cc1ccsc1)S(=O)(=O)c1cc(F)ccc1OC. The predicted octanol–water partition coefficient (Wildman–Crippen LogP) is 3.50. The number of hydrogen-bond donors (Lipinski definition) is 0. The number of halogens is 1. The average molecular weight is 343 g/mol. The van der Waals surface area contributed by atoms with Gasteiger partial charge in [0, 0.05) is 13.1 Å². The number of hydrogen-bond acceptors (Lipinski definition) is 4. The van der Waals surface area contributed by atoms with Crippen molar-refractivity contribution in [3.05, 3.63) is 46.4 Å². The lowest BCUT2D eigenvalue weighted by Gasteiger charge is -2.22. The molecule has 0 saturated heterocycles. The standard InChI is InChI=1S/C15H18FNO3S2/c1-3-7-17(10-12-6-8-21-11-12)22(18,19)15-9-13(16)4-5-14(15)20-2/h4-6,8-9,11H,3,7,10H2,1-2H3. The summed E-state index contributed by atoms with van der Waals surface area (Å²) < 4.78 is 45.7. The summed E-state index contributed by atoms with van der Waals surface area (Å²) in [6, 6.07) is 5.40. The van der Waals surface area contributed by atoms with Gasteiger partial charge in [-0.05, 0) is 47.0 Å². The summed E-state index contributed by atoms with van der Waals surface area (Å²) in [5.41, 5.74) is 0.914. The molecule has 120 valence electrons. The minimum Gasteiger partial charge on any atom is -0.495 e. The van der Waals surface area contributed by atoms with Crippen LogP contribution in [0.25, 0.3) is 0 Å². The number of nitrogens with zero attached hydrogens (tertiary/aromatic N) is 1. The van der Waals surface area contributed by atoms with Crippen molar-refractivity contribution in [1.82, 2.24) is 4.31 Å². The van der Waals surface area contributed by atoms with Gasteiger partial charge in [-0.2, -0.15) is 15.6 Å². The maximum absolute atomic E-state index is 13.5. The number of sulfonamides is 1. The lowest BCUT2D eigenvalue weighted by molar-refractivity contribution is 0.384. The van der Waals surface area contributed by atoms with Crippen molar-refractivity contribution < 1.29 is 17.5 Å². The van der Waals surface area contributed by atoms with Crippen LogP contribution in [0.1, 0.15) is 18.9 Å². The van der Waals surface area contributed by atoms with Gasteiger partial charge in [-0.25, -0.2) is 12.8 Å². The summed E-state index contributed by atoms with van der Waals surface area (Å²) in [6.45, 7) is 2.52. The van der Waals surface area contributed by atoms with Crippen molar-refractivity contribution in [3.63, 3.8) is 0 Å². The maximum atomic E-state index is 13.5. The van der Waals surface area contributed by atoms with Gasteiger partial charge in [0.05, 0.1) is 7.11 Å². The molecule has 0 spiro atoms. The molecule has 0 unspecified atom stereocenters. The lowest BCUT2D eigenvalue weighted by Crippen LogP contribution is -2.31. The largest absolute Gasteiger partial charge is 0.495 e. The molecule has 1 heterocycles. The van der Waals surface area contributed by atoms with Crippen LogP contribution < -0.4 is 4.74 Å². The van der Waals surface area contributed by atoms with E-state index in [1.807, 2.05) is 23.8 Å². The Labute approximate surface area is 134 Å². The fraction of sp³-hybridized carbons (Fsp3) is 0.333. The highest BCUT2D eigenvalue weighted by Crippen LogP contribution is 2.28. The highest BCUT2D eigenvalue weighted by atomic mass is 32.2. The fourth-order valence-electron chi connectivity index (χ4n) is 2.11. The van der Waals surface area contributed by atoms with Gasteiger partial charge in [-0.15, -0.1) is 0 Å². The van der Waals surface area contributed by atoms with Gasteiger partial charge >= 0.3 is 0 Å². The van der Waals surface area contributed by atoms with E-state index in [9.17, 15) is 12.8 Å². The first kappa shape index (κ1) is 16.9. The van der Waals surface area contributed by atoms with E-state index >= 15 is 0 Å². The molecular weight excluding hydrogens is 325 g/mol. The summed E-state index contributed by atoms with van der Waals surface area (Å²) in [5, 5.41) is 3.80. The number of thiophene rings is 1. The smallest absolute Gasteiger partial charge is 0.247 e. The van der Waals surface area contributed by atoms with Crippen LogP contribution >= 0.6 is 11.3 Å². The monoisotopic (exact) mass is 343 g/mol. The van der Waals surface area contributed by atoms with Crippen LogP contribution in [0, 0.1) is 5.82 Å². The first-order chi connectivity index (χ1) is 10.5. The van der Waals surface area contributed by atoms with E-state index < -0.39 is 15.8 Å². The first-order valence-electron chi connectivity index (χ1n) is 6.83. The molecule has 0 bridgehead atoms. The summed E-state index contributed by atoms with van der Waals surface area (Å²) in [4.78, 5) is -0.140. The third-order valence-corrected chi connectivity index (χ3v) is 5.75. The van der Waals surface area contributed by atoms with Crippen LogP contribution in [0.2, 0.25) is 0 Å². The molecule has 22 heavy (non-hydrogen) atoms. The number of ether oxygens (including phenoxy) is 1. The third kappa shape index (κ3) is 3.66. The van der Waals surface area contributed by atoms with Gasteiger partial charge in [-0.1, -0.05) is 6.92 Å². The lowest BCUT2D eigenvalue weighted by atomic mass is 10.3. The van der Waals surface area contributed by atoms with Crippen molar-refractivity contribution in [1.29, 1.82) is 0 Å². The molecule has 1 aromatic carbocycles. The van der Waals surface area contributed by atoms with Crippen molar-refractivity contribution in [2.24, 2.45) is 0 Å². The second-order valence-corrected chi connectivity index (χ2v) is 7.45. The molecule has 0 aliphatic rings. The molecule has 0 saturated carbocycles. The van der Waals surface area contributed by atoms with Gasteiger partial charge in [0.15, 0.2) is 0 Å². The molecule has 7 heteroatoms. The van der Waals surface area contributed by atoms with E-state index in [0.29, 0.717) is 13.0 Å². The van der Waals surface area contributed by atoms with Crippen molar-refractivity contribution in [3.8, 4) is 5.75 Å². The molecule has 0 aliphatic carbocycles. The molecule has 0 amide bonds. The molecule has 4 nitrogen and oxygen atoms in total. The van der Waals surface area contributed by atoms with Gasteiger partial charge < -0.3 is 4.74 Å². The Bertz CT molecular complexity index is 714. The van der Waals surface area contributed by atoms with Gasteiger partial charge in [0.25, 0.3) is 0 Å². The zero-order valence-corrected chi connectivity index (χ0v) is 14.1. The van der Waals surface area contributed by atoms with Crippen molar-refractivity contribution in [2.45, 2.75) is 24.8 Å². The van der Waals surface area contributed by atoms with Crippen LogP contribution in [0.5, 0.6) is 5.75 Å². The topological polar surface area (TPSA) is 46.6 Å². The Hall–Kier alpha value is -1.44. The number of rotatable bonds is 7. The van der Waals surface area contributed by atoms with Gasteiger partial charge in [0.1, 0.15) is 16.5 Å². The molecule has 2 rings (SSSR count). The molecule has 0 radical (unpaired) electrons. The third-order valence-electron chi connectivity index (χ3n) is 3.16. The van der Waals surface area contributed by atoms with E-state index in [-0.39, 0.29) is 17.2 Å². The quantitative estimate of drug-likeness (QED) is 0.773. The molecular formula is C15H18FNO3S2. The zero-order chi connectivity index (χ0) is 16.2. The van der Waals surface area contributed by atoms with Crippen LogP contribution in [0.15, 0.2) is 39.9 Å². The molecule has 0 fully saturated rings. The molecule has 2 aromatic rings. The average Bonchev–Trinajstić information content (AvgIpc) is 3.00. The van der Waals surface area contributed by atoms with Crippen LogP contribution in [-0.4, -0.2) is 26.4 Å². The van der Waals surface area contributed by atoms with Gasteiger partial charge in [-0.3, -0.25) is 0 Å². The minimum atomic E-state index is -3.83. The van der Waals surface area contributed by atoms with Crippen LogP contribution in [0.4, 0.5) is 4.39 Å². The fourth-order valence-corrected chi connectivity index (χ4v) is 4.46. The predicted molar refractivity (Wildman–Crippen MR) is 85.2 cm³/mol. The highest BCUT2D eigenvalue weighted by molar-refractivity contribution is 7.89. The second kappa shape index (κ2) is 7.21. The van der Waals surface area contributed by atoms with Crippen molar-refractivity contribution >= 4 is 21.4 Å². The summed E-state index contributed by atoms with van der Waals surface area (Å²) >= 11 is 1.51. The van der Waals surface area contributed by atoms with Crippen molar-refractivity contribution in [2.75, 3.05) is 13.7 Å². The summed E-state index contributed by atoms with van der Waals surface area (Å²) in [5.74, 6) is -0.459. The maximum Gasteiger partial charge on any atom is 0.247 e. The van der Waals surface area contributed by atoms with Crippen LogP contribution in [0.3, 0.4) is 0 Å². The summed E-state index contributed by atoms with van der Waals surface area (Å²) in [7, 11) is -2.46. The van der Waals surface area contributed by atoms with E-state index in [2.05, 4.69) is 0 Å². The van der Waals surface area contributed by atoms with E-state index in [0.717, 1.165) is 11.6 Å². The number of methoxy groups -OCH3 is 1. The molecule has 0 N–H and O–H groups in total. The first-order valence-corrected chi connectivity index (χ1v) is 9.22. The zero-order valence-electron chi connectivity index (χ0n) is 12.5. The molecule has 0 atom stereocenters. The summed E-state index contributed by atoms with van der Waals surface area (Å²) in [6.07, 6.45) is 0.668. The Morgan fingerprint density at radius 1 is 1.32 bits per heavy atom.